The van der Waals surface area contributed by atoms with Crippen molar-refractivity contribution in [3.63, 3.8) is 0 Å². The summed E-state index contributed by atoms with van der Waals surface area (Å²) in [5.74, 6) is -3.09. The Morgan fingerprint density at radius 2 is 1.27 bits per heavy atom. The molecule has 0 bridgehead atoms. The third-order valence-electron chi connectivity index (χ3n) is 8.58. The quantitative estimate of drug-likeness (QED) is 0.0629. The van der Waals surface area contributed by atoms with Crippen molar-refractivity contribution in [2.24, 2.45) is 0 Å². The lowest BCUT2D eigenvalue weighted by Gasteiger charge is -2.30. The monoisotopic (exact) mass is 676 g/mol. The van der Waals surface area contributed by atoms with Gasteiger partial charge in [0, 0.05) is 28.9 Å². The molecule has 0 aliphatic heterocycles. The van der Waals surface area contributed by atoms with Crippen molar-refractivity contribution < 1.29 is 33.0 Å². The molecule has 8 heteroatoms. The summed E-state index contributed by atoms with van der Waals surface area (Å²) in [6.45, 7) is 16.9. The maximum atomic E-state index is 16.0. The number of halogens is 2. The average molecular weight is 677 g/mol. The van der Waals surface area contributed by atoms with Crippen LogP contribution in [-0.2, 0) is 38.7 Å². The summed E-state index contributed by atoms with van der Waals surface area (Å²) < 4.78 is 43.0. The SMILES string of the molecule is C=C(C)C(=O)OCc1cc(-c2ccc(-c3ccc(CCCCC)cc3)c(F)c2F)cc(COC(=O)C(=C)C)c1[Si](C)(C)CCCCCO. The van der Waals surface area contributed by atoms with E-state index in [0.717, 1.165) is 55.3 Å². The van der Waals surface area contributed by atoms with E-state index in [9.17, 15) is 14.7 Å². The number of ether oxygens (including phenoxy) is 2. The summed E-state index contributed by atoms with van der Waals surface area (Å²) >= 11 is 0. The van der Waals surface area contributed by atoms with E-state index in [1.54, 1.807) is 38.1 Å². The van der Waals surface area contributed by atoms with E-state index in [2.05, 4.69) is 33.2 Å². The van der Waals surface area contributed by atoms with Crippen molar-refractivity contribution in [1.29, 1.82) is 0 Å². The van der Waals surface area contributed by atoms with E-state index in [0.29, 0.717) is 28.7 Å². The van der Waals surface area contributed by atoms with Crippen molar-refractivity contribution in [2.45, 2.75) is 98.1 Å². The Labute approximate surface area is 285 Å². The standard InChI is InChI=1S/C40H50F2O5Si/c1-8-9-11-14-29-15-17-30(18-16-29)34-19-20-35(37(42)36(34)41)31-23-32(25-46-39(44)27(2)3)38(48(6,7)22-13-10-12-21-43)33(24-31)26-47-40(45)28(4)5/h15-20,23-24,43H,2,4,8-14,21-22,25-26H2,1,3,5-7H3. The van der Waals surface area contributed by atoms with Crippen LogP contribution in [0.25, 0.3) is 22.3 Å². The fraction of sp³-hybridized carbons (Fsp3) is 0.400. The first-order valence-electron chi connectivity index (χ1n) is 16.8. The molecule has 0 spiro atoms. The first-order valence-corrected chi connectivity index (χ1v) is 20.0. The summed E-state index contributed by atoms with van der Waals surface area (Å²) in [6.07, 6.45) is 6.71. The lowest BCUT2D eigenvalue weighted by molar-refractivity contribution is -0.140. The maximum Gasteiger partial charge on any atom is 0.333 e. The van der Waals surface area contributed by atoms with E-state index in [-0.39, 0.29) is 42.1 Å². The van der Waals surface area contributed by atoms with Crippen LogP contribution in [0.2, 0.25) is 19.1 Å². The number of hydrogen-bond acceptors (Lipinski definition) is 5. The molecule has 0 atom stereocenters. The Kier molecular flexibility index (Phi) is 14.5. The van der Waals surface area contributed by atoms with Crippen LogP contribution in [-0.4, -0.2) is 31.7 Å². The number of aliphatic hydroxyl groups excluding tert-OH is 1. The minimum absolute atomic E-state index is 0.0429. The zero-order valence-corrected chi connectivity index (χ0v) is 30.1. The Morgan fingerprint density at radius 3 is 1.75 bits per heavy atom. The van der Waals surface area contributed by atoms with Gasteiger partial charge in [-0.1, -0.05) is 101 Å². The van der Waals surface area contributed by atoms with Crippen LogP contribution in [0.1, 0.15) is 76.0 Å². The Hall–Kier alpha value is -3.88. The number of aryl methyl sites for hydroxylation is 1. The van der Waals surface area contributed by atoms with Gasteiger partial charge in [-0.15, -0.1) is 0 Å². The van der Waals surface area contributed by atoms with Crippen LogP contribution in [0.5, 0.6) is 0 Å². The van der Waals surface area contributed by atoms with Gasteiger partial charge in [-0.2, -0.15) is 0 Å². The zero-order chi connectivity index (χ0) is 35.4. The van der Waals surface area contributed by atoms with Gasteiger partial charge in [0.25, 0.3) is 0 Å². The summed E-state index contributed by atoms with van der Waals surface area (Å²) in [5, 5.41) is 10.2. The topological polar surface area (TPSA) is 72.8 Å². The lowest BCUT2D eigenvalue weighted by Crippen LogP contribution is -2.46. The second kappa shape index (κ2) is 18.0. The highest BCUT2D eigenvalue weighted by Crippen LogP contribution is 2.34. The van der Waals surface area contributed by atoms with Crippen LogP contribution in [0, 0.1) is 11.6 Å². The molecule has 0 aromatic heterocycles. The van der Waals surface area contributed by atoms with Crippen LogP contribution >= 0.6 is 0 Å². The summed E-state index contributed by atoms with van der Waals surface area (Å²) in [7, 11) is -2.31. The number of aliphatic hydroxyl groups is 1. The van der Waals surface area contributed by atoms with E-state index in [4.69, 9.17) is 9.47 Å². The first-order chi connectivity index (χ1) is 22.8. The van der Waals surface area contributed by atoms with Crippen LogP contribution in [0.3, 0.4) is 0 Å². The third kappa shape index (κ3) is 10.3. The molecule has 0 saturated heterocycles. The largest absolute Gasteiger partial charge is 0.457 e. The average Bonchev–Trinajstić information content (AvgIpc) is 3.05. The molecule has 3 rings (SSSR count). The third-order valence-corrected chi connectivity index (χ3v) is 12.2. The number of carbonyl (C=O) groups excluding carboxylic acids is 2. The molecule has 3 aromatic carbocycles. The molecule has 0 heterocycles. The van der Waals surface area contributed by atoms with Gasteiger partial charge in [0.1, 0.15) is 13.2 Å². The summed E-state index contributed by atoms with van der Waals surface area (Å²) in [6, 6.07) is 15.0. The molecule has 0 unspecified atom stereocenters. The highest BCUT2D eigenvalue weighted by Gasteiger charge is 2.31. The normalized spacial score (nSPS) is 11.3. The molecule has 1 N–H and O–H groups in total. The number of esters is 2. The van der Waals surface area contributed by atoms with E-state index < -0.39 is 31.6 Å². The Bertz CT molecular complexity index is 1560. The molecule has 0 amide bonds. The minimum atomic E-state index is -2.31. The molecule has 0 radical (unpaired) electrons. The number of hydrogen-bond donors (Lipinski definition) is 1. The van der Waals surface area contributed by atoms with Crippen LogP contribution < -0.4 is 5.19 Å². The molecular formula is C40H50F2O5Si. The van der Waals surface area contributed by atoms with Gasteiger partial charge in [-0.05, 0) is 78.2 Å². The number of benzene rings is 3. The van der Waals surface area contributed by atoms with Gasteiger partial charge in [0.2, 0.25) is 0 Å². The smallest absolute Gasteiger partial charge is 0.333 e. The van der Waals surface area contributed by atoms with Gasteiger partial charge in [0.05, 0.1) is 8.07 Å². The number of carbonyl (C=O) groups is 2. The summed E-state index contributed by atoms with van der Waals surface area (Å²) in [5.41, 5.74) is 4.08. The fourth-order valence-electron chi connectivity index (χ4n) is 5.96. The summed E-state index contributed by atoms with van der Waals surface area (Å²) in [4.78, 5) is 25.0. The molecule has 0 saturated carbocycles. The number of rotatable bonds is 18. The zero-order valence-electron chi connectivity index (χ0n) is 29.1. The highest BCUT2D eigenvalue weighted by atomic mass is 28.3. The molecule has 5 nitrogen and oxygen atoms in total. The predicted molar refractivity (Wildman–Crippen MR) is 193 cm³/mol. The van der Waals surface area contributed by atoms with Crippen molar-refractivity contribution in [2.75, 3.05) is 6.61 Å². The molecule has 0 aliphatic carbocycles. The highest BCUT2D eigenvalue weighted by molar-refractivity contribution is 6.90. The molecular weight excluding hydrogens is 627 g/mol. The predicted octanol–water partition coefficient (Wildman–Crippen LogP) is 9.35. The number of unbranched alkanes of at least 4 members (excludes halogenated alkanes) is 4. The minimum Gasteiger partial charge on any atom is -0.457 e. The van der Waals surface area contributed by atoms with E-state index in [1.807, 2.05) is 24.3 Å². The first kappa shape index (κ1) is 38.6. The van der Waals surface area contributed by atoms with Gasteiger partial charge in [-0.3, -0.25) is 0 Å². The van der Waals surface area contributed by atoms with Crippen molar-refractivity contribution >= 4 is 25.2 Å². The molecule has 0 aliphatic rings. The van der Waals surface area contributed by atoms with Gasteiger partial charge >= 0.3 is 11.9 Å². The van der Waals surface area contributed by atoms with E-state index >= 15 is 8.78 Å². The van der Waals surface area contributed by atoms with Crippen molar-refractivity contribution in [3.8, 4) is 22.3 Å². The van der Waals surface area contributed by atoms with Gasteiger partial charge < -0.3 is 14.6 Å². The molecule has 0 fully saturated rings. The van der Waals surface area contributed by atoms with Crippen LogP contribution in [0.15, 0.2) is 72.8 Å². The second-order valence-electron chi connectivity index (χ2n) is 13.2. The molecule has 48 heavy (non-hydrogen) atoms. The Balaban J connectivity index is 2.14. The van der Waals surface area contributed by atoms with Gasteiger partial charge in [0.15, 0.2) is 11.6 Å². The van der Waals surface area contributed by atoms with E-state index in [1.165, 1.54) is 0 Å². The van der Waals surface area contributed by atoms with Crippen molar-refractivity contribution in [3.05, 3.63) is 101 Å². The lowest BCUT2D eigenvalue weighted by atomic mass is 9.95. The van der Waals surface area contributed by atoms with Crippen LogP contribution in [0.4, 0.5) is 8.78 Å². The van der Waals surface area contributed by atoms with Gasteiger partial charge in [-0.25, -0.2) is 18.4 Å². The fourth-order valence-corrected chi connectivity index (χ4v) is 9.37. The molecule has 258 valence electrons. The maximum absolute atomic E-state index is 16.0. The molecule has 3 aromatic rings. The Morgan fingerprint density at radius 1 is 0.750 bits per heavy atom. The second-order valence-corrected chi connectivity index (χ2v) is 18.0. The van der Waals surface area contributed by atoms with Crippen molar-refractivity contribution in [1.82, 2.24) is 0 Å².